The zero-order valence-electron chi connectivity index (χ0n) is 18.6. The standard InChI is InChI=1S/C25H32N2O4S/c1-31-23-11-13-24(14-12-23)32(29,30)26-21-9-7-19(8-10-21)25(28)20-15-17-27(18-16-20)22-5-3-2-4-6-22/h7-14,20,22,26H,2-6,15-18H2,1H3. The van der Waals surface area contributed by atoms with E-state index in [2.05, 4.69) is 9.62 Å². The van der Waals surface area contributed by atoms with E-state index in [1.54, 1.807) is 36.4 Å². The highest BCUT2D eigenvalue weighted by atomic mass is 32.2. The van der Waals surface area contributed by atoms with Crippen LogP contribution in [0.3, 0.4) is 0 Å². The summed E-state index contributed by atoms with van der Waals surface area (Å²) in [6, 6.07) is 13.7. The topological polar surface area (TPSA) is 75.7 Å². The van der Waals surface area contributed by atoms with Crippen molar-refractivity contribution in [3.05, 3.63) is 54.1 Å². The number of carbonyl (C=O) groups excluding carboxylic acids is 1. The molecule has 0 bridgehead atoms. The summed E-state index contributed by atoms with van der Waals surface area (Å²) in [5, 5.41) is 0. The second-order valence-corrected chi connectivity index (χ2v) is 10.5. The number of sulfonamides is 1. The number of nitrogens with one attached hydrogen (secondary N) is 1. The number of rotatable bonds is 7. The summed E-state index contributed by atoms with van der Waals surface area (Å²) in [7, 11) is -2.17. The van der Waals surface area contributed by atoms with Gasteiger partial charge in [-0.05, 0) is 87.3 Å². The number of piperidine rings is 1. The highest BCUT2D eigenvalue weighted by Crippen LogP contribution is 2.29. The zero-order valence-corrected chi connectivity index (χ0v) is 19.4. The fourth-order valence-electron chi connectivity index (χ4n) is 4.88. The van der Waals surface area contributed by atoms with Crippen LogP contribution in [0.1, 0.15) is 55.3 Å². The highest BCUT2D eigenvalue weighted by molar-refractivity contribution is 7.92. The Balaban J connectivity index is 1.34. The molecule has 0 amide bonds. The average Bonchev–Trinajstić information content (AvgIpc) is 2.84. The number of likely N-dealkylation sites (tertiary alicyclic amines) is 1. The number of hydrogen-bond donors (Lipinski definition) is 1. The van der Waals surface area contributed by atoms with Crippen molar-refractivity contribution in [2.75, 3.05) is 24.9 Å². The Morgan fingerprint density at radius 1 is 0.906 bits per heavy atom. The lowest BCUT2D eigenvalue weighted by atomic mass is 9.86. The minimum Gasteiger partial charge on any atom is -0.497 e. The van der Waals surface area contributed by atoms with Crippen LogP contribution in [0.5, 0.6) is 5.75 Å². The molecule has 0 atom stereocenters. The molecule has 1 aliphatic heterocycles. The Hall–Kier alpha value is -2.38. The second-order valence-electron chi connectivity index (χ2n) is 8.82. The van der Waals surface area contributed by atoms with Crippen molar-refractivity contribution in [1.29, 1.82) is 0 Å². The van der Waals surface area contributed by atoms with E-state index in [0.29, 0.717) is 23.0 Å². The number of ketones is 1. The molecule has 2 aromatic carbocycles. The van der Waals surface area contributed by atoms with Gasteiger partial charge in [-0.2, -0.15) is 0 Å². The van der Waals surface area contributed by atoms with Gasteiger partial charge in [0.1, 0.15) is 5.75 Å². The predicted octanol–water partition coefficient (Wildman–Crippen LogP) is 4.72. The van der Waals surface area contributed by atoms with Gasteiger partial charge in [-0.3, -0.25) is 9.52 Å². The number of hydrogen-bond acceptors (Lipinski definition) is 5. The summed E-state index contributed by atoms with van der Waals surface area (Å²) in [5.41, 5.74) is 1.08. The van der Waals surface area contributed by atoms with E-state index >= 15 is 0 Å². The minimum absolute atomic E-state index is 0.0525. The molecule has 1 saturated carbocycles. The van der Waals surface area contributed by atoms with Crippen LogP contribution in [0.15, 0.2) is 53.4 Å². The fraction of sp³-hybridized carbons (Fsp3) is 0.480. The lowest BCUT2D eigenvalue weighted by Gasteiger charge is -2.39. The molecule has 2 fully saturated rings. The first kappa shape index (κ1) is 22.8. The molecule has 1 N–H and O–H groups in total. The highest BCUT2D eigenvalue weighted by Gasteiger charge is 2.29. The molecule has 0 radical (unpaired) electrons. The van der Waals surface area contributed by atoms with Crippen LogP contribution < -0.4 is 9.46 Å². The normalized spacial score (nSPS) is 18.9. The number of methoxy groups -OCH3 is 1. The number of carbonyl (C=O) groups is 1. The van der Waals surface area contributed by atoms with E-state index < -0.39 is 10.0 Å². The van der Waals surface area contributed by atoms with Gasteiger partial charge in [-0.15, -0.1) is 0 Å². The molecule has 1 aliphatic carbocycles. The van der Waals surface area contributed by atoms with Gasteiger partial charge in [-0.25, -0.2) is 8.42 Å². The molecule has 0 aromatic heterocycles. The molecule has 4 rings (SSSR count). The third-order valence-corrected chi connectivity index (χ3v) is 8.18. The summed E-state index contributed by atoms with van der Waals surface area (Å²) in [4.78, 5) is 15.7. The van der Waals surface area contributed by atoms with Crippen molar-refractivity contribution >= 4 is 21.5 Å². The third-order valence-electron chi connectivity index (χ3n) is 6.78. The maximum atomic E-state index is 13.0. The quantitative estimate of drug-likeness (QED) is 0.610. The number of anilines is 1. The fourth-order valence-corrected chi connectivity index (χ4v) is 5.94. The number of nitrogens with zero attached hydrogens (tertiary/aromatic N) is 1. The first-order valence-electron chi connectivity index (χ1n) is 11.5. The van der Waals surface area contributed by atoms with Crippen LogP contribution in [-0.4, -0.2) is 45.3 Å². The molecule has 1 saturated heterocycles. The summed E-state index contributed by atoms with van der Waals surface area (Å²) in [5.74, 6) is 0.811. The Morgan fingerprint density at radius 3 is 2.12 bits per heavy atom. The summed E-state index contributed by atoms with van der Waals surface area (Å²) < 4.78 is 32.9. The first-order chi connectivity index (χ1) is 15.5. The van der Waals surface area contributed by atoms with Crippen molar-refractivity contribution < 1.29 is 17.9 Å². The van der Waals surface area contributed by atoms with Gasteiger partial charge in [0.05, 0.1) is 12.0 Å². The van der Waals surface area contributed by atoms with Crippen LogP contribution in [0.2, 0.25) is 0 Å². The van der Waals surface area contributed by atoms with Gasteiger partial charge in [-0.1, -0.05) is 19.3 Å². The molecule has 0 spiro atoms. The number of ether oxygens (including phenoxy) is 1. The van der Waals surface area contributed by atoms with Gasteiger partial charge in [0.15, 0.2) is 5.78 Å². The van der Waals surface area contributed by atoms with E-state index in [-0.39, 0.29) is 16.6 Å². The summed E-state index contributed by atoms with van der Waals surface area (Å²) in [6.45, 7) is 2.00. The summed E-state index contributed by atoms with van der Waals surface area (Å²) >= 11 is 0. The van der Waals surface area contributed by atoms with Gasteiger partial charge in [0, 0.05) is 23.2 Å². The largest absolute Gasteiger partial charge is 0.497 e. The van der Waals surface area contributed by atoms with E-state index in [4.69, 9.17) is 4.74 Å². The van der Waals surface area contributed by atoms with E-state index in [1.807, 2.05) is 0 Å². The minimum atomic E-state index is -3.70. The Labute approximate surface area is 191 Å². The van der Waals surface area contributed by atoms with Crippen molar-refractivity contribution in [2.24, 2.45) is 5.92 Å². The van der Waals surface area contributed by atoms with Gasteiger partial charge >= 0.3 is 0 Å². The average molecular weight is 457 g/mol. The van der Waals surface area contributed by atoms with Crippen LogP contribution in [0, 0.1) is 5.92 Å². The Morgan fingerprint density at radius 2 is 1.53 bits per heavy atom. The lowest BCUT2D eigenvalue weighted by molar-refractivity contribution is 0.0747. The molecule has 2 aliphatic rings. The monoisotopic (exact) mass is 456 g/mol. The first-order valence-corrected chi connectivity index (χ1v) is 13.0. The molecule has 172 valence electrons. The Kier molecular flexibility index (Phi) is 7.16. The molecule has 0 unspecified atom stereocenters. The van der Waals surface area contributed by atoms with E-state index in [1.165, 1.54) is 51.3 Å². The van der Waals surface area contributed by atoms with Crippen molar-refractivity contribution in [1.82, 2.24) is 4.90 Å². The maximum Gasteiger partial charge on any atom is 0.261 e. The van der Waals surface area contributed by atoms with Gasteiger partial charge in [0.2, 0.25) is 0 Å². The molecule has 6 nitrogen and oxygen atoms in total. The lowest BCUT2D eigenvalue weighted by Crippen LogP contribution is -2.43. The second kappa shape index (κ2) is 10.0. The van der Waals surface area contributed by atoms with Crippen LogP contribution in [0.25, 0.3) is 0 Å². The van der Waals surface area contributed by atoms with Crippen molar-refractivity contribution in [3.8, 4) is 5.75 Å². The number of Topliss-reactive ketones (excluding diaryl/α,β-unsaturated/α-hetero) is 1. The molecule has 1 heterocycles. The van der Waals surface area contributed by atoms with E-state index in [9.17, 15) is 13.2 Å². The molecule has 2 aromatic rings. The molecule has 7 heteroatoms. The van der Waals surface area contributed by atoms with Crippen LogP contribution in [0.4, 0.5) is 5.69 Å². The SMILES string of the molecule is COc1ccc(S(=O)(=O)Nc2ccc(C(=O)C3CCN(C4CCCCC4)CC3)cc2)cc1. The molecular formula is C25H32N2O4S. The third kappa shape index (κ3) is 5.33. The van der Waals surface area contributed by atoms with Crippen molar-refractivity contribution in [2.45, 2.75) is 55.9 Å². The van der Waals surface area contributed by atoms with Gasteiger partial charge < -0.3 is 9.64 Å². The molecular weight excluding hydrogens is 424 g/mol. The smallest absolute Gasteiger partial charge is 0.261 e. The Bertz CT molecular complexity index is 1000. The summed E-state index contributed by atoms with van der Waals surface area (Å²) in [6.07, 6.45) is 8.43. The molecule has 32 heavy (non-hydrogen) atoms. The number of benzene rings is 2. The van der Waals surface area contributed by atoms with Gasteiger partial charge in [0.25, 0.3) is 10.0 Å². The van der Waals surface area contributed by atoms with Crippen LogP contribution >= 0.6 is 0 Å². The van der Waals surface area contributed by atoms with Crippen molar-refractivity contribution in [3.63, 3.8) is 0 Å². The van der Waals surface area contributed by atoms with E-state index in [0.717, 1.165) is 25.9 Å². The predicted molar refractivity (Wildman–Crippen MR) is 126 cm³/mol. The van der Waals surface area contributed by atoms with Crippen LogP contribution in [-0.2, 0) is 10.0 Å². The zero-order chi connectivity index (χ0) is 22.6. The maximum absolute atomic E-state index is 13.0.